The Labute approximate surface area is 175 Å². The van der Waals surface area contributed by atoms with Gasteiger partial charge in [0.1, 0.15) is 18.0 Å². The molecule has 0 radical (unpaired) electrons. The normalized spacial score (nSPS) is 16.7. The molecule has 156 valence electrons. The van der Waals surface area contributed by atoms with E-state index in [1.54, 1.807) is 0 Å². The minimum Gasteiger partial charge on any atom is -0.445 e. The van der Waals surface area contributed by atoms with E-state index in [-0.39, 0.29) is 29.6 Å². The molecule has 0 bridgehead atoms. The molecule has 2 aromatic heterocycles. The molecule has 0 spiro atoms. The summed E-state index contributed by atoms with van der Waals surface area (Å²) in [6.07, 6.45) is 4.50. The number of amides is 1. The van der Waals surface area contributed by atoms with E-state index in [0.717, 1.165) is 46.7 Å². The Morgan fingerprint density at radius 1 is 1.20 bits per heavy atom. The summed E-state index contributed by atoms with van der Waals surface area (Å²) >= 11 is 0. The SMILES string of the molecule is CC(C)(C)c1nc2c(o1)CCN(C(=O)Cn1cc(C(=O)C3CC3)c3ccccc31)C2. The molecule has 6 heteroatoms. The van der Waals surface area contributed by atoms with E-state index >= 15 is 0 Å². The summed E-state index contributed by atoms with van der Waals surface area (Å²) in [4.78, 5) is 32.3. The van der Waals surface area contributed by atoms with Crippen LogP contribution in [0, 0.1) is 5.92 Å². The van der Waals surface area contributed by atoms with E-state index in [0.29, 0.717) is 19.5 Å². The Bertz CT molecular complexity index is 1140. The lowest BCUT2D eigenvalue weighted by Gasteiger charge is -2.25. The summed E-state index contributed by atoms with van der Waals surface area (Å²) in [5, 5.41) is 0.939. The van der Waals surface area contributed by atoms with Crippen LogP contribution in [-0.2, 0) is 29.7 Å². The molecule has 1 saturated carbocycles. The van der Waals surface area contributed by atoms with Crippen molar-refractivity contribution in [1.29, 1.82) is 0 Å². The van der Waals surface area contributed by atoms with Crippen LogP contribution in [0.4, 0.5) is 0 Å². The molecule has 0 unspecified atom stereocenters. The van der Waals surface area contributed by atoms with E-state index in [1.807, 2.05) is 39.9 Å². The summed E-state index contributed by atoms with van der Waals surface area (Å²) < 4.78 is 7.86. The molecule has 1 amide bonds. The zero-order chi connectivity index (χ0) is 21.0. The van der Waals surface area contributed by atoms with Crippen molar-refractivity contribution < 1.29 is 14.0 Å². The molecule has 1 aromatic carbocycles. The summed E-state index contributed by atoms with van der Waals surface area (Å²) in [5.41, 5.74) is 2.39. The summed E-state index contributed by atoms with van der Waals surface area (Å²) in [5.74, 6) is 2.02. The van der Waals surface area contributed by atoms with E-state index < -0.39 is 0 Å². The lowest BCUT2D eigenvalue weighted by molar-refractivity contribution is -0.132. The van der Waals surface area contributed by atoms with Crippen LogP contribution in [0.3, 0.4) is 0 Å². The fourth-order valence-electron chi connectivity index (χ4n) is 4.12. The fraction of sp³-hybridized carbons (Fsp3) is 0.458. The number of Topliss-reactive ketones (excluding diaryl/α,β-unsaturated/α-hetero) is 1. The van der Waals surface area contributed by atoms with Crippen LogP contribution in [0.15, 0.2) is 34.9 Å². The predicted octanol–water partition coefficient (Wildman–Crippen LogP) is 4.10. The maximum atomic E-state index is 13.1. The van der Waals surface area contributed by atoms with Crippen LogP contribution in [0.1, 0.15) is 61.3 Å². The van der Waals surface area contributed by atoms with Crippen molar-refractivity contribution in [2.45, 2.75) is 58.5 Å². The van der Waals surface area contributed by atoms with Gasteiger partial charge in [-0.25, -0.2) is 4.98 Å². The van der Waals surface area contributed by atoms with Gasteiger partial charge >= 0.3 is 0 Å². The van der Waals surface area contributed by atoms with Gasteiger partial charge in [-0.05, 0) is 18.9 Å². The number of carbonyl (C=O) groups excluding carboxylic acids is 2. The van der Waals surface area contributed by atoms with Crippen molar-refractivity contribution in [3.63, 3.8) is 0 Å². The van der Waals surface area contributed by atoms with Crippen molar-refractivity contribution in [3.05, 3.63) is 53.4 Å². The molecular formula is C24H27N3O3. The van der Waals surface area contributed by atoms with E-state index in [4.69, 9.17) is 4.42 Å². The number of aromatic nitrogens is 2. The van der Waals surface area contributed by atoms with Crippen molar-refractivity contribution in [1.82, 2.24) is 14.5 Å². The van der Waals surface area contributed by atoms with Gasteiger partial charge in [0.05, 0.1) is 6.54 Å². The standard InChI is InChI=1S/C24H27N3O3/c1-24(2,3)23-25-18-13-26(11-10-20(18)30-23)21(28)14-27-12-17(22(29)15-8-9-15)16-6-4-5-7-19(16)27/h4-7,12,15H,8-11,13-14H2,1-3H3. The summed E-state index contributed by atoms with van der Waals surface area (Å²) in [6, 6.07) is 7.85. The maximum Gasteiger partial charge on any atom is 0.242 e. The van der Waals surface area contributed by atoms with Crippen molar-refractivity contribution in [2.24, 2.45) is 5.92 Å². The molecular weight excluding hydrogens is 378 g/mol. The molecule has 0 atom stereocenters. The molecule has 2 aliphatic rings. The van der Waals surface area contributed by atoms with Gasteiger partial charge in [-0.2, -0.15) is 0 Å². The van der Waals surface area contributed by atoms with Crippen molar-refractivity contribution in [3.8, 4) is 0 Å². The molecule has 5 rings (SSSR count). The molecule has 6 nitrogen and oxygen atoms in total. The van der Waals surface area contributed by atoms with Gasteiger partial charge in [0.2, 0.25) is 5.91 Å². The zero-order valence-electron chi connectivity index (χ0n) is 17.8. The highest BCUT2D eigenvalue weighted by atomic mass is 16.4. The third-order valence-electron chi connectivity index (χ3n) is 6.03. The number of rotatable bonds is 4. The van der Waals surface area contributed by atoms with Crippen molar-refractivity contribution >= 4 is 22.6 Å². The molecule has 3 heterocycles. The van der Waals surface area contributed by atoms with Crippen molar-refractivity contribution in [2.75, 3.05) is 6.54 Å². The molecule has 3 aromatic rings. The minimum absolute atomic E-state index is 0.0344. The van der Waals surface area contributed by atoms with Crippen LogP contribution in [0.2, 0.25) is 0 Å². The van der Waals surface area contributed by atoms with Crippen LogP contribution in [0.5, 0.6) is 0 Å². The highest BCUT2D eigenvalue weighted by molar-refractivity contribution is 6.10. The number of fused-ring (bicyclic) bond motifs is 2. The lowest BCUT2D eigenvalue weighted by atomic mass is 9.97. The molecule has 30 heavy (non-hydrogen) atoms. The van der Waals surface area contributed by atoms with E-state index in [9.17, 15) is 9.59 Å². The topological polar surface area (TPSA) is 68.3 Å². The van der Waals surface area contributed by atoms with Gasteiger partial charge in [-0.15, -0.1) is 0 Å². The highest BCUT2D eigenvalue weighted by Gasteiger charge is 2.33. The number of oxazole rings is 1. The average Bonchev–Trinajstić information content (AvgIpc) is 3.37. The van der Waals surface area contributed by atoms with Gasteiger partial charge < -0.3 is 13.9 Å². The second-order valence-corrected chi connectivity index (χ2v) is 9.53. The van der Waals surface area contributed by atoms with Crippen LogP contribution >= 0.6 is 0 Å². The number of hydrogen-bond acceptors (Lipinski definition) is 4. The summed E-state index contributed by atoms with van der Waals surface area (Å²) in [6.45, 7) is 7.54. The number of hydrogen-bond donors (Lipinski definition) is 0. The first kappa shape index (κ1) is 19.1. The lowest BCUT2D eigenvalue weighted by Crippen LogP contribution is -2.37. The smallest absolute Gasteiger partial charge is 0.242 e. The number of ketones is 1. The van der Waals surface area contributed by atoms with Gasteiger partial charge in [-0.3, -0.25) is 9.59 Å². The Morgan fingerprint density at radius 3 is 2.70 bits per heavy atom. The molecule has 1 aliphatic carbocycles. The minimum atomic E-state index is -0.152. The van der Waals surface area contributed by atoms with Crippen LogP contribution in [-0.4, -0.2) is 32.7 Å². The number of para-hydroxylation sites is 1. The van der Waals surface area contributed by atoms with Gasteiger partial charge in [0.25, 0.3) is 0 Å². The average molecular weight is 405 g/mol. The zero-order valence-corrected chi connectivity index (χ0v) is 17.8. The third kappa shape index (κ3) is 3.34. The fourth-order valence-corrected chi connectivity index (χ4v) is 4.12. The molecule has 0 N–H and O–H groups in total. The van der Waals surface area contributed by atoms with Gasteiger partial charge in [0.15, 0.2) is 11.7 Å². The molecule has 1 fully saturated rings. The Kier molecular flexibility index (Phi) is 4.34. The Morgan fingerprint density at radius 2 is 1.97 bits per heavy atom. The highest BCUT2D eigenvalue weighted by Crippen LogP contribution is 2.35. The van der Waals surface area contributed by atoms with Crippen LogP contribution < -0.4 is 0 Å². The first-order chi connectivity index (χ1) is 14.3. The van der Waals surface area contributed by atoms with Crippen LogP contribution in [0.25, 0.3) is 10.9 Å². The predicted molar refractivity (Wildman–Crippen MR) is 113 cm³/mol. The summed E-state index contributed by atoms with van der Waals surface area (Å²) in [7, 11) is 0. The Balaban J connectivity index is 1.38. The largest absolute Gasteiger partial charge is 0.445 e. The molecule has 0 saturated heterocycles. The monoisotopic (exact) mass is 405 g/mol. The molecule has 1 aliphatic heterocycles. The first-order valence-corrected chi connectivity index (χ1v) is 10.7. The Hall–Kier alpha value is -2.89. The third-order valence-corrected chi connectivity index (χ3v) is 6.03. The number of carbonyl (C=O) groups is 2. The van der Waals surface area contributed by atoms with Gasteiger partial charge in [0, 0.05) is 47.0 Å². The quantitative estimate of drug-likeness (QED) is 0.613. The second-order valence-electron chi connectivity index (χ2n) is 9.53. The van der Waals surface area contributed by atoms with Gasteiger partial charge in [-0.1, -0.05) is 39.0 Å². The van der Waals surface area contributed by atoms with E-state index in [1.165, 1.54) is 0 Å². The number of nitrogens with zero attached hydrogens (tertiary/aromatic N) is 3. The van der Waals surface area contributed by atoms with E-state index in [2.05, 4.69) is 25.8 Å². The maximum absolute atomic E-state index is 13.1. The first-order valence-electron chi connectivity index (χ1n) is 10.7. The second kappa shape index (κ2) is 6.83. The number of benzene rings is 1.